The quantitative estimate of drug-likeness (QED) is 0.589. The van der Waals surface area contributed by atoms with E-state index < -0.39 is 35.4 Å². The van der Waals surface area contributed by atoms with Gasteiger partial charge in [-0.05, 0) is 0 Å². The van der Waals surface area contributed by atoms with Crippen molar-refractivity contribution in [3.05, 3.63) is 23.3 Å². The molecule has 0 aliphatic rings. The van der Waals surface area contributed by atoms with Crippen molar-refractivity contribution in [2.45, 2.75) is 12.6 Å². The summed E-state index contributed by atoms with van der Waals surface area (Å²) in [5, 5.41) is 0. The predicted octanol–water partition coefficient (Wildman–Crippen LogP) is 3.19. The Hall–Kier alpha value is -1.47. The monoisotopic (exact) mass is 245 g/mol. The van der Waals surface area contributed by atoms with Gasteiger partial charge in [0, 0.05) is 6.20 Å². The fourth-order valence-corrected chi connectivity index (χ4v) is 1.10. The van der Waals surface area contributed by atoms with Crippen LogP contribution in [-0.2, 0) is 6.18 Å². The Balaban J connectivity index is 3.49. The van der Waals surface area contributed by atoms with Gasteiger partial charge in [-0.25, -0.2) is 13.8 Å². The first kappa shape index (κ1) is 12.6. The first-order valence-corrected chi connectivity index (χ1v) is 3.86. The normalized spacial score (nSPS) is 12.0. The standard InChI is InChI=1S/C8H5F6NO/c1-16-5-3(8(12,13)14)2-15-7(11)4(5)6(9)10/h2,6H,1H3. The average molecular weight is 245 g/mol. The van der Waals surface area contributed by atoms with Gasteiger partial charge in [0.2, 0.25) is 5.95 Å². The van der Waals surface area contributed by atoms with E-state index >= 15 is 0 Å². The molecular weight excluding hydrogens is 240 g/mol. The van der Waals surface area contributed by atoms with E-state index in [1.807, 2.05) is 0 Å². The van der Waals surface area contributed by atoms with Crippen LogP contribution in [0.5, 0.6) is 5.75 Å². The third-order valence-corrected chi connectivity index (χ3v) is 1.75. The van der Waals surface area contributed by atoms with E-state index in [0.29, 0.717) is 0 Å². The Labute approximate surface area is 85.9 Å². The molecule has 90 valence electrons. The second-order valence-corrected chi connectivity index (χ2v) is 2.71. The lowest BCUT2D eigenvalue weighted by molar-refractivity contribution is -0.139. The van der Waals surface area contributed by atoms with Crippen LogP contribution in [-0.4, -0.2) is 12.1 Å². The molecule has 1 heterocycles. The molecule has 0 aromatic carbocycles. The number of aromatic nitrogens is 1. The van der Waals surface area contributed by atoms with E-state index in [-0.39, 0.29) is 6.20 Å². The lowest BCUT2D eigenvalue weighted by Crippen LogP contribution is -2.12. The van der Waals surface area contributed by atoms with Crippen molar-refractivity contribution >= 4 is 0 Å². The van der Waals surface area contributed by atoms with Crippen LogP contribution < -0.4 is 4.74 Å². The second kappa shape index (κ2) is 4.18. The van der Waals surface area contributed by atoms with Crippen LogP contribution in [0.3, 0.4) is 0 Å². The number of hydrogen-bond donors (Lipinski definition) is 0. The van der Waals surface area contributed by atoms with Crippen LogP contribution in [0.15, 0.2) is 6.20 Å². The Kier molecular flexibility index (Phi) is 3.30. The van der Waals surface area contributed by atoms with Crippen LogP contribution in [0.25, 0.3) is 0 Å². The highest BCUT2D eigenvalue weighted by atomic mass is 19.4. The van der Waals surface area contributed by atoms with E-state index in [4.69, 9.17) is 0 Å². The number of methoxy groups -OCH3 is 1. The van der Waals surface area contributed by atoms with Gasteiger partial charge in [-0.3, -0.25) is 0 Å². The highest BCUT2D eigenvalue weighted by molar-refractivity contribution is 5.41. The molecule has 0 bridgehead atoms. The lowest BCUT2D eigenvalue weighted by Gasteiger charge is -2.14. The van der Waals surface area contributed by atoms with Gasteiger partial charge in [0.25, 0.3) is 6.43 Å². The zero-order chi connectivity index (χ0) is 12.5. The molecule has 0 aliphatic heterocycles. The van der Waals surface area contributed by atoms with Crippen LogP contribution in [0, 0.1) is 5.95 Å². The van der Waals surface area contributed by atoms with Gasteiger partial charge >= 0.3 is 6.18 Å². The molecule has 0 spiro atoms. The van der Waals surface area contributed by atoms with Crippen molar-refractivity contribution < 1.29 is 31.1 Å². The Morgan fingerprint density at radius 3 is 2.25 bits per heavy atom. The molecule has 0 saturated heterocycles. The lowest BCUT2D eigenvalue weighted by atomic mass is 10.1. The zero-order valence-electron chi connectivity index (χ0n) is 7.78. The maximum Gasteiger partial charge on any atom is 0.421 e. The van der Waals surface area contributed by atoms with Gasteiger partial charge in [-0.1, -0.05) is 0 Å². The maximum atomic E-state index is 12.8. The molecule has 0 radical (unpaired) electrons. The van der Waals surface area contributed by atoms with E-state index in [1.54, 1.807) is 0 Å². The van der Waals surface area contributed by atoms with Gasteiger partial charge in [0.1, 0.15) is 16.9 Å². The van der Waals surface area contributed by atoms with Gasteiger partial charge in [0.15, 0.2) is 0 Å². The van der Waals surface area contributed by atoms with Crippen LogP contribution in [0.2, 0.25) is 0 Å². The van der Waals surface area contributed by atoms with Crippen molar-refractivity contribution in [3.8, 4) is 5.75 Å². The third kappa shape index (κ3) is 2.20. The largest absolute Gasteiger partial charge is 0.495 e. The molecule has 1 aromatic rings. The average Bonchev–Trinajstić information content (AvgIpc) is 2.14. The summed E-state index contributed by atoms with van der Waals surface area (Å²) in [4.78, 5) is 2.63. The number of halogens is 6. The summed E-state index contributed by atoms with van der Waals surface area (Å²) in [5.74, 6) is -2.92. The molecule has 0 atom stereocenters. The van der Waals surface area contributed by atoms with Crippen molar-refractivity contribution in [2.75, 3.05) is 7.11 Å². The maximum absolute atomic E-state index is 12.8. The number of alkyl halides is 5. The van der Waals surface area contributed by atoms with E-state index in [2.05, 4.69) is 9.72 Å². The molecule has 2 nitrogen and oxygen atoms in total. The van der Waals surface area contributed by atoms with E-state index in [0.717, 1.165) is 7.11 Å². The molecule has 8 heteroatoms. The van der Waals surface area contributed by atoms with Crippen LogP contribution >= 0.6 is 0 Å². The van der Waals surface area contributed by atoms with Crippen LogP contribution in [0.1, 0.15) is 17.6 Å². The smallest absolute Gasteiger partial charge is 0.421 e. The fraction of sp³-hybridized carbons (Fsp3) is 0.375. The minimum Gasteiger partial charge on any atom is -0.495 e. The van der Waals surface area contributed by atoms with E-state index in [9.17, 15) is 26.3 Å². The first-order chi connectivity index (χ1) is 7.29. The molecule has 0 saturated carbocycles. The highest BCUT2D eigenvalue weighted by Crippen LogP contribution is 2.41. The van der Waals surface area contributed by atoms with Crippen molar-refractivity contribution in [1.29, 1.82) is 0 Å². The van der Waals surface area contributed by atoms with Crippen molar-refractivity contribution in [3.63, 3.8) is 0 Å². The molecule has 16 heavy (non-hydrogen) atoms. The molecule has 1 rings (SSSR count). The van der Waals surface area contributed by atoms with Crippen molar-refractivity contribution in [2.24, 2.45) is 0 Å². The third-order valence-electron chi connectivity index (χ3n) is 1.75. The van der Waals surface area contributed by atoms with Gasteiger partial charge in [0.05, 0.1) is 7.11 Å². The zero-order valence-corrected chi connectivity index (χ0v) is 7.78. The number of pyridine rings is 1. The van der Waals surface area contributed by atoms with Crippen LogP contribution in [0.4, 0.5) is 26.3 Å². The summed E-state index contributed by atoms with van der Waals surface area (Å²) in [7, 11) is 0.746. The molecular formula is C8H5F6NO. The minimum atomic E-state index is -4.93. The Bertz CT molecular complexity index is 389. The minimum absolute atomic E-state index is 0.111. The van der Waals surface area contributed by atoms with Crippen molar-refractivity contribution in [1.82, 2.24) is 4.98 Å². The molecule has 0 amide bonds. The molecule has 0 N–H and O–H groups in total. The number of rotatable bonds is 2. The molecule has 1 aromatic heterocycles. The summed E-state index contributed by atoms with van der Waals surface area (Å²) < 4.78 is 78.6. The molecule has 0 fully saturated rings. The number of nitrogens with zero attached hydrogens (tertiary/aromatic N) is 1. The number of ether oxygens (including phenoxy) is 1. The highest BCUT2D eigenvalue weighted by Gasteiger charge is 2.38. The van der Waals surface area contributed by atoms with Gasteiger partial charge in [-0.15, -0.1) is 0 Å². The molecule has 0 aliphatic carbocycles. The Morgan fingerprint density at radius 1 is 1.31 bits per heavy atom. The number of hydrogen-bond acceptors (Lipinski definition) is 2. The topological polar surface area (TPSA) is 22.1 Å². The predicted molar refractivity (Wildman–Crippen MR) is 40.7 cm³/mol. The summed E-state index contributed by atoms with van der Waals surface area (Å²) in [5.41, 5.74) is -3.02. The fourth-order valence-electron chi connectivity index (χ4n) is 1.10. The van der Waals surface area contributed by atoms with Gasteiger partial charge < -0.3 is 4.74 Å². The summed E-state index contributed by atoms with van der Waals surface area (Å²) in [6, 6.07) is 0. The molecule has 0 unspecified atom stereocenters. The van der Waals surface area contributed by atoms with E-state index in [1.165, 1.54) is 0 Å². The van der Waals surface area contributed by atoms with Gasteiger partial charge in [-0.2, -0.15) is 17.6 Å². The summed E-state index contributed by atoms with van der Waals surface area (Å²) in [6.45, 7) is 0. The second-order valence-electron chi connectivity index (χ2n) is 2.71. The SMILES string of the molecule is COc1c(C(F)(F)F)cnc(F)c1C(F)F. The first-order valence-electron chi connectivity index (χ1n) is 3.86. The summed E-state index contributed by atoms with van der Waals surface area (Å²) >= 11 is 0. The summed E-state index contributed by atoms with van der Waals surface area (Å²) in [6.07, 6.45) is -8.26. The Morgan fingerprint density at radius 2 is 1.88 bits per heavy atom.